The minimum absolute atomic E-state index is 0.0737. The minimum Gasteiger partial charge on any atom is -0.478 e. The quantitative estimate of drug-likeness (QED) is 0.596. The van der Waals surface area contributed by atoms with Crippen LogP contribution in [0.5, 0.6) is 0 Å². The first-order valence-corrected chi connectivity index (χ1v) is 11.7. The van der Waals surface area contributed by atoms with Gasteiger partial charge in [-0.1, -0.05) is 18.2 Å². The molecule has 1 spiro atoms. The van der Waals surface area contributed by atoms with E-state index in [-0.39, 0.29) is 17.2 Å². The van der Waals surface area contributed by atoms with Gasteiger partial charge >= 0.3 is 5.97 Å². The van der Waals surface area contributed by atoms with Crippen LogP contribution in [0.3, 0.4) is 0 Å². The Bertz CT molecular complexity index is 1320. The molecule has 8 nitrogen and oxygen atoms in total. The molecule has 3 heterocycles. The number of rotatable bonds is 5. The molecule has 34 heavy (non-hydrogen) atoms. The van der Waals surface area contributed by atoms with Crippen LogP contribution in [-0.4, -0.2) is 46.9 Å². The van der Waals surface area contributed by atoms with Gasteiger partial charge < -0.3 is 20.1 Å². The average Bonchev–Trinajstić information content (AvgIpc) is 2.80. The first kappa shape index (κ1) is 22.4. The van der Waals surface area contributed by atoms with E-state index in [1.165, 1.54) is 0 Å². The molecule has 2 N–H and O–H groups in total. The lowest BCUT2D eigenvalue weighted by molar-refractivity contribution is -0.124. The van der Waals surface area contributed by atoms with Gasteiger partial charge in [0.1, 0.15) is 0 Å². The summed E-state index contributed by atoms with van der Waals surface area (Å²) in [5.41, 5.74) is 3.45. The number of carboxylic acids is 1. The van der Waals surface area contributed by atoms with Gasteiger partial charge in [0.25, 0.3) is 5.56 Å². The Labute approximate surface area is 198 Å². The lowest BCUT2D eigenvalue weighted by atomic mass is 9.77. The van der Waals surface area contributed by atoms with Gasteiger partial charge in [-0.05, 0) is 50.5 Å². The number of aromatic carboxylic acids is 1. The first-order chi connectivity index (χ1) is 16.3. The van der Waals surface area contributed by atoms with Crippen molar-refractivity contribution in [3.05, 3.63) is 63.4 Å². The molecule has 178 valence electrons. The van der Waals surface area contributed by atoms with Gasteiger partial charge in [-0.25, -0.2) is 9.78 Å². The number of ether oxygens (including phenoxy) is 1. The second-order valence-electron chi connectivity index (χ2n) is 9.72. The van der Waals surface area contributed by atoms with Gasteiger partial charge in [-0.3, -0.25) is 9.36 Å². The molecule has 0 radical (unpaired) electrons. The SMILES string of the molecule is Cc1cc(C(C)Nc2ccccc2C(=O)O)c2nc(N3CCC4(CC3)COC4)n(C)c(=O)c2c1. The summed E-state index contributed by atoms with van der Waals surface area (Å²) in [7, 11) is 1.79. The maximum Gasteiger partial charge on any atom is 0.337 e. The van der Waals surface area contributed by atoms with Crippen LogP contribution in [0.25, 0.3) is 10.9 Å². The van der Waals surface area contributed by atoms with Crippen molar-refractivity contribution < 1.29 is 14.6 Å². The normalized spacial score (nSPS) is 18.0. The second kappa shape index (κ2) is 8.43. The van der Waals surface area contributed by atoms with Crippen molar-refractivity contribution in [2.75, 3.05) is 36.5 Å². The van der Waals surface area contributed by atoms with E-state index >= 15 is 0 Å². The van der Waals surface area contributed by atoms with E-state index in [1.807, 2.05) is 26.0 Å². The van der Waals surface area contributed by atoms with Crippen LogP contribution in [0.2, 0.25) is 0 Å². The van der Waals surface area contributed by atoms with Crippen LogP contribution in [0.1, 0.15) is 47.3 Å². The highest BCUT2D eigenvalue weighted by Crippen LogP contribution is 2.39. The van der Waals surface area contributed by atoms with Gasteiger partial charge in [-0.15, -0.1) is 0 Å². The summed E-state index contributed by atoms with van der Waals surface area (Å²) >= 11 is 0. The molecule has 0 aliphatic carbocycles. The Morgan fingerprint density at radius 3 is 2.56 bits per heavy atom. The summed E-state index contributed by atoms with van der Waals surface area (Å²) < 4.78 is 7.10. The van der Waals surface area contributed by atoms with E-state index in [2.05, 4.69) is 10.2 Å². The number of nitrogens with zero attached hydrogens (tertiary/aromatic N) is 3. The zero-order valence-electron chi connectivity index (χ0n) is 19.8. The van der Waals surface area contributed by atoms with Crippen molar-refractivity contribution in [2.24, 2.45) is 12.5 Å². The molecular formula is C26H30N4O4. The fourth-order valence-corrected chi connectivity index (χ4v) is 5.12. The van der Waals surface area contributed by atoms with Crippen LogP contribution in [0.4, 0.5) is 11.6 Å². The Hall–Kier alpha value is -3.39. The fourth-order valence-electron chi connectivity index (χ4n) is 5.12. The van der Waals surface area contributed by atoms with Crippen molar-refractivity contribution in [3.63, 3.8) is 0 Å². The molecule has 2 fully saturated rings. The predicted molar refractivity (Wildman–Crippen MR) is 132 cm³/mol. The van der Waals surface area contributed by atoms with Gasteiger partial charge in [-0.2, -0.15) is 0 Å². The Balaban J connectivity index is 1.54. The van der Waals surface area contributed by atoms with E-state index in [0.29, 0.717) is 28.0 Å². The standard InChI is InChI=1S/C26H30N4O4/c1-16-12-19(17(2)27-21-7-5-4-6-18(21)24(32)33)22-20(13-16)23(31)29(3)25(28-22)30-10-8-26(9-11-30)14-34-15-26/h4-7,12-13,17,27H,8-11,14-15H2,1-3H3,(H,32,33). The molecule has 2 saturated heterocycles. The number of nitrogens with one attached hydrogen (secondary N) is 1. The average molecular weight is 463 g/mol. The molecular weight excluding hydrogens is 432 g/mol. The Morgan fingerprint density at radius 1 is 1.21 bits per heavy atom. The molecule has 3 aromatic rings. The number of aryl methyl sites for hydroxylation is 1. The van der Waals surface area contributed by atoms with Crippen molar-refractivity contribution in [2.45, 2.75) is 32.7 Å². The number of fused-ring (bicyclic) bond motifs is 1. The maximum atomic E-state index is 13.4. The largest absolute Gasteiger partial charge is 0.478 e. The highest BCUT2D eigenvalue weighted by Gasteiger charge is 2.41. The smallest absolute Gasteiger partial charge is 0.337 e. The second-order valence-corrected chi connectivity index (χ2v) is 9.72. The monoisotopic (exact) mass is 462 g/mol. The summed E-state index contributed by atoms with van der Waals surface area (Å²) in [6.07, 6.45) is 2.07. The van der Waals surface area contributed by atoms with E-state index in [0.717, 1.165) is 50.3 Å². The number of carboxylic acid groups (broad SMARTS) is 1. The molecule has 5 rings (SSSR count). The van der Waals surface area contributed by atoms with Gasteiger partial charge in [0.2, 0.25) is 5.95 Å². The molecule has 1 unspecified atom stereocenters. The predicted octanol–water partition coefficient (Wildman–Crippen LogP) is 3.73. The zero-order valence-corrected chi connectivity index (χ0v) is 19.8. The molecule has 1 aromatic heterocycles. The first-order valence-electron chi connectivity index (χ1n) is 11.7. The van der Waals surface area contributed by atoms with Crippen LogP contribution in [0, 0.1) is 12.3 Å². The van der Waals surface area contributed by atoms with E-state index < -0.39 is 5.97 Å². The molecule has 1 atom stereocenters. The number of para-hydroxylation sites is 1. The van der Waals surface area contributed by atoms with Gasteiger partial charge in [0.15, 0.2) is 0 Å². The highest BCUT2D eigenvalue weighted by atomic mass is 16.5. The van der Waals surface area contributed by atoms with E-state index in [4.69, 9.17) is 9.72 Å². The van der Waals surface area contributed by atoms with Crippen LogP contribution < -0.4 is 15.8 Å². The Morgan fingerprint density at radius 2 is 1.91 bits per heavy atom. The molecule has 8 heteroatoms. The molecule has 2 aliphatic heterocycles. The van der Waals surface area contributed by atoms with Gasteiger partial charge in [0, 0.05) is 36.8 Å². The van der Waals surface area contributed by atoms with E-state index in [1.54, 1.807) is 35.9 Å². The summed E-state index contributed by atoms with van der Waals surface area (Å²) in [5.74, 6) is -0.311. The summed E-state index contributed by atoms with van der Waals surface area (Å²) in [5, 5.41) is 13.5. The van der Waals surface area contributed by atoms with Crippen molar-refractivity contribution in [1.29, 1.82) is 0 Å². The van der Waals surface area contributed by atoms with Crippen LogP contribution in [0.15, 0.2) is 41.2 Å². The fraction of sp³-hybridized carbons (Fsp3) is 0.423. The third-order valence-corrected chi connectivity index (χ3v) is 7.25. The third-order valence-electron chi connectivity index (χ3n) is 7.25. The van der Waals surface area contributed by atoms with Gasteiger partial charge in [0.05, 0.1) is 35.7 Å². The third kappa shape index (κ3) is 3.81. The number of benzene rings is 2. The topological polar surface area (TPSA) is 96.7 Å². The van der Waals surface area contributed by atoms with Crippen LogP contribution in [-0.2, 0) is 11.8 Å². The number of hydrogen-bond acceptors (Lipinski definition) is 6. The summed E-state index contributed by atoms with van der Waals surface area (Å²) in [6.45, 7) is 7.27. The van der Waals surface area contributed by atoms with Crippen molar-refractivity contribution in [3.8, 4) is 0 Å². The number of carbonyl (C=O) groups is 1. The van der Waals surface area contributed by atoms with Crippen LogP contribution >= 0.6 is 0 Å². The summed E-state index contributed by atoms with van der Waals surface area (Å²) in [4.78, 5) is 32.3. The zero-order chi connectivity index (χ0) is 24.0. The molecule has 0 amide bonds. The lowest BCUT2D eigenvalue weighted by Gasteiger charge is -2.47. The molecule has 0 saturated carbocycles. The Kier molecular flexibility index (Phi) is 5.56. The number of piperidine rings is 1. The lowest BCUT2D eigenvalue weighted by Crippen LogP contribution is -2.51. The van der Waals surface area contributed by atoms with E-state index in [9.17, 15) is 14.7 Å². The summed E-state index contributed by atoms with van der Waals surface area (Å²) in [6, 6.07) is 10.5. The minimum atomic E-state index is -0.988. The maximum absolute atomic E-state index is 13.4. The molecule has 2 aromatic carbocycles. The van der Waals surface area contributed by atoms with Crippen molar-refractivity contribution >= 4 is 28.5 Å². The number of anilines is 2. The molecule has 0 bridgehead atoms. The number of aromatic nitrogens is 2. The molecule has 2 aliphatic rings. The number of hydrogen-bond donors (Lipinski definition) is 2. The highest BCUT2D eigenvalue weighted by molar-refractivity contribution is 5.94. The van der Waals surface area contributed by atoms with Crippen molar-refractivity contribution in [1.82, 2.24) is 9.55 Å².